The molecule has 7 nitrogen and oxygen atoms in total. The van der Waals surface area contributed by atoms with Crippen molar-refractivity contribution >= 4 is 11.8 Å². The van der Waals surface area contributed by atoms with E-state index in [0.717, 1.165) is 13.0 Å². The van der Waals surface area contributed by atoms with Crippen LogP contribution in [0.5, 0.6) is 0 Å². The molecule has 0 N–H and O–H groups in total. The lowest BCUT2D eigenvalue weighted by Gasteiger charge is -2.54. The third-order valence-electron chi connectivity index (χ3n) is 4.62. The fraction of sp³-hybridized carbons (Fsp3) is 0.556. The molecular formula is C18H21N5O2. The van der Waals surface area contributed by atoms with Crippen LogP contribution in [0.4, 0.5) is 10.5 Å². The number of amides is 1. The zero-order valence-corrected chi connectivity index (χ0v) is 14.7. The summed E-state index contributed by atoms with van der Waals surface area (Å²) >= 11 is 0. The van der Waals surface area contributed by atoms with E-state index in [-0.39, 0.29) is 12.1 Å². The van der Waals surface area contributed by atoms with Crippen LogP contribution < -0.4 is 4.90 Å². The van der Waals surface area contributed by atoms with Gasteiger partial charge in [0.05, 0.1) is 17.3 Å². The zero-order chi connectivity index (χ0) is 18.2. The first-order chi connectivity index (χ1) is 11.8. The maximum absolute atomic E-state index is 12.3. The maximum Gasteiger partial charge on any atom is 0.410 e. The van der Waals surface area contributed by atoms with E-state index in [1.54, 1.807) is 11.0 Å². The smallest absolute Gasteiger partial charge is 0.410 e. The van der Waals surface area contributed by atoms with Crippen molar-refractivity contribution in [3.8, 4) is 12.1 Å². The van der Waals surface area contributed by atoms with E-state index in [9.17, 15) is 10.1 Å². The van der Waals surface area contributed by atoms with E-state index in [1.165, 1.54) is 6.20 Å². The van der Waals surface area contributed by atoms with Crippen LogP contribution in [0.2, 0.25) is 0 Å². The van der Waals surface area contributed by atoms with Crippen LogP contribution in [0.1, 0.15) is 38.4 Å². The van der Waals surface area contributed by atoms with Crippen LogP contribution in [-0.2, 0) is 4.74 Å². The first kappa shape index (κ1) is 17.0. The molecule has 0 unspecified atom stereocenters. The molecule has 25 heavy (non-hydrogen) atoms. The predicted octanol–water partition coefficient (Wildman–Crippen LogP) is 2.27. The second-order valence-corrected chi connectivity index (χ2v) is 7.51. The van der Waals surface area contributed by atoms with Gasteiger partial charge in [0.1, 0.15) is 17.7 Å². The number of ether oxygens (including phenoxy) is 1. The minimum atomic E-state index is -0.522. The molecule has 0 aliphatic carbocycles. The summed E-state index contributed by atoms with van der Waals surface area (Å²) in [4.78, 5) is 20.2. The van der Waals surface area contributed by atoms with E-state index >= 15 is 0 Å². The number of likely N-dealkylation sites (tertiary alicyclic amines) is 1. The Labute approximate surface area is 147 Å². The number of nitrogens with zero attached hydrogens (tertiary/aromatic N) is 5. The summed E-state index contributed by atoms with van der Waals surface area (Å²) in [6.45, 7) is 7.62. The molecular weight excluding hydrogens is 318 g/mol. The number of hydrogen-bond donors (Lipinski definition) is 0. The molecule has 0 bridgehead atoms. The lowest BCUT2D eigenvalue weighted by atomic mass is 9.81. The van der Waals surface area contributed by atoms with E-state index < -0.39 is 5.60 Å². The minimum Gasteiger partial charge on any atom is -0.444 e. The second-order valence-electron chi connectivity index (χ2n) is 7.51. The van der Waals surface area contributed by atoms with Crippen LogP contribution in [0.3, 0.4) is 0 Å². The number of rotatable bonds is 1. The Morgan fingerprint density at radius 3 is 2.72 bits per heavy atom. The lowest BCUT2D eigenvalue weighted by molar-refractivity contribution is 0.0107. The van der Waals surface area contributed by atoms with Crippen molar-refractivity contribution in [3.05, 3.63) is 23.5 Å². The van der Waals surface area contributed by atoms with E-state index in [4.69, 9.17) is 10.00 Å². The number of nitriles is 2. The molecule has 0 saturated carbocycles. The summed E-state index contributed by atoms with van der Waals surface area (Å²) in [6.07, 6.45) is 2.02. The summed E-state index contributed by atoms with van der Waals surface area (Å²) in [6, 6.07) is 5.98. The van der Waals surface area contributed by atoms with Gasteiger partial charge in [-0.2, -0.15) is 10.5 Å². The highest BCUT2D eigenvalue weighted by molar-refractivity contribution is 5.69. The molecule has 1 amide bonds. The van der Waals surface area contributed by atoms with E-state index in [1.807, 2.05) is 20.8 Å². The summed E-state index contributed by atoms with van der Waals surface area (Å²) in [7, 11) is 0. The van der Waals surface area contributed by atoms with Gasteiger partial charge in [-0.25, -0.2) is 9.78 Å². The number of aromatic nitrogens is 1. The molecule has 3 heterocycles. The SMILES string of the molecule is CC(C)(C)OC(=O)N1CC[C@@H]2CN(c3cc(C#N)cnc3C#N)[C@@H]2C1. The van der Waals surface area contributed by atoms with Crippen LogP contribution in [0.15, 0.2) is 12.3 Å². The molecule has 2 saturated heterocycles. The van der Waals surface area contributed by atoms with Crippen molar-refractivity contribution in [2.24, 2.45) is 5.92 Å². The summed E-state index contributed by atoms with van der Waals surface area (Å²) in [5.41, 5.74) is 0.893. The third kappa shape index (κ3) is 3.36. The quantitative estimate of drug-likeness (QED) is 0.779. The van der Waals surface area contributed by atoms with Crippen molar-refractivity contribution < 1.29 is 9.53 Å². The van der Waals surface area contributed by atoms with Gasteiger partial charge >= 0.3 is 6.09 Å². The Morgan fingerprint density at radius 2 is 2.08 bits per heavy atom. The van der Waals surface area contributed by atoms with Crippen LogP contribution >= 0.6 is 0 Å². The summed E-state index contributed by atoms with van der Waals surface area (Å²) in [5, 5.41) is 18.4. The number of fused-ring (bicyclic) bond motifs is 1. The molecule has 130 valence electrons. The van der Waals surface area contributed by atoms with Crippen molar-refractivity contribution in [3.63, 3.8) is 0 Å². The number of piperidine rings is 1. The highest BCUT2D eigenvalue weighted by Crippen LogP contribution is 2.38. The van der Waals surface area contributed by atoms with E-state index in [0.29, 0.717) is 36.0 Å². The maximum atomic E-state index is 12.3. The topological polar surface area (TPSA) is 93.2 Å². The average Bonchev–Trinajstić information content (AvgIpc) is 2.54. The van der Waals surface area contributed by atoms with Gasteiger partial charge in [0, 0.05) is 31.7 Å². The molecule has 1 aromatic rings. The highest BCUT2D eigenvalue weighted by Gasteiger charge is 2.45. The molecule has 2 aliphatic rings. The largest absolute Gasteiger partial charge is 0.444 e. The van der Waals surface area contributed by atoms with Crippen LogP contribution in [0, 0.1) is 28.6 Å². The Hall–Kier alpha value is -2.80. The number of hydrogen-bond acceptors (Lipinski definition) is 6. The molecule has 0 aromatic carbocycles. The van der Waals surface area contributed by atoms with Crippen molar-refractivity contribution in [1.82, 2.24) is 9.88 Å². The number of carbonyl (C=O) groups is 1. The molecule has 3 rings (SSSR count). The summed E-state index contributed by atoms with van der Waals surface area (Å²) in [5.74, 6) is 0.482. The second kappa shape index (κ2) is 6.25. The van der Waals surface area contributed by atoms with Gasteiger partial charge < -0.3 is 14.5 Å². The molecule has 7 heteroatoms. The van der Waals surface area contributed by atoms with Crippen LogP contribution in [-0.4, -0.2) is 47.3 Å². The zero-order valence-electron chi connectivity index (χ0n) is 14.7. The minimum absolute atomic E-state index is 0.129. The Kier molecular flexibility index (Phi) is 4.26. The van der Waals surface area contributed by atoms with Crippen molar-refractivity contribution in [1.29, 1.82) is 10.5 Å². The Morgan fingerprint density at radius 1 is 1.32 bits per heavy atom. The van der Waals surface area contributed by atoms with Gasteiger partial charge in [-0.15, -0.1) is 0 Å². The van der Waals surface area contributed by atoms with Crippen molar-refractivity contribution in [2.75, 3.05) is 24.5 Å². The average molecular weight is 339 g/mol. The number of carbonyl (C=O) groups excluding carboxylic acids is 1. The highest BCUT2D eigenvalue weighted by atomic mass is 16.6. The number of pyridine rings is 1. The number of anilines is 1. The first-order valence-electron chi connectivity index (χ1n) is 8.37. The van der Waals surface area contributed by atoms with Gasteiger partial charge in [0.25, 0.3) is 0 Å². The normalized spacial score (nSPS) is 22.3. The van der Waals surface area contributed by atoms with Crippen molar-refractivity contribution in [2.45, 2.75) is 38.8 Å². The van der Waals surface area contributed by atoms with Crippen LogP contribution in [0.25, 0.3) is 0 Å². The molecule has 2 aliphatic heterocycles. The molecule has 1 aromatic heterocycles. The van der Waals surface area contributed by atoms with Gasteiger partial charge in [-0.05, 0) is 33.3 Å². The summed E-state index contributed by atoms with van der Waals surface area (Å²) < 4.78 is 5.47. The van der Waals surface area contributed by atoms with Gasteiger partial charge in [-0.3, -0.25) is 0 Å². The third-order valence-corrected chi connectivity index (χ3v) is 4.62. The molecule has 0 spiro atoms. The monoisotopic (exact) mass is 339 g/mol. The lowest BCUT2D eigenvalue weighted by Crippen LogP contribution is -2.65. The predicted molar refractivity (Wildman–Crippen MR) is 90.7 cm³/mol. The molecule has 2 atom stereocenters. The molecule has 0 radical (unpaired) electrons. The van der Waals surface area contributed by atoms with Gasteiger partial charge in [0.15, 0.2) is 5.69 Å². The fourth-order valence-corrected chi connectivity index (χ4v) is 3.38. The Balaban J connectivity index is 1.77. The first-order valence-corrected chi connectivity index (χ1v) is 8.37. The van der Waals surface area contributed by atoms with E-state index in [2.05, 4.69) is 22.0 Å². The molecule has 2 fully saturated rings. The van der Waals surface area contributed by atoms with Gasteiger partial charge in [0.2, 0.25) is 0 Å². The standard InChI is InChI=1S/C18H21N5O2/c1-18(2,3)25-17(24)22-5-4-13-10-23(16(13)11-22)15-6-12(7-19)9-21-14(15)8-20/h6,9,13,16H,4-5,10-11H2,1-3H3/t13-,16-/m1/s1. The fourth-order valence-electron chi connectivity index (χ4n) is 3.38. The Bertz CT molecular complexity index is 771. The van der Waals surface area contributed by atoms with Gasteiger partial charge in [-0.1, -0.05) is 0 Å².